The SMILES string of the molecule is COc1nnc(NC(=O)c2cnc(C)cc2-c2cc(C3CC3)ncc2OC(F)F)s1. The van der Waals surface area contributed by atoms with Gasteiger partial charge in [-0.1, -0.05) is 5.10 Å². The Labute approximate surface area is 174 Å². The largest absolute Gasteiger partial charge is 0.472 e. The third-order valence-electron chi connectivity index (χ3n) is 4.48. The molecule has 11 heteroatoms. The van der Waals surface area contributed by atoms with E-state index in [2.05, 4.69) is 30.2 Å². The number of halogens is 2. The zero-order valence-electron chi connectivity index (χ0n) is 16.1. The van der Waals surface area contributed by atoms with Crippen LogP contribution in [0.15, 0.2) is 24.5 Å². The Morgan fingerprint density at radius 1 is 1.20 bits per heavy atom. The van der Waals surface area contributed by atoms with Gasteiger partial charge in [-0.3, -0.25) is 20.1 Å². The molecule has 156 valence electrons. The van der Waals surface area contributed by atoms with Gasteiger partial charge in [0.1, 0.15) is 0 Å². The molecule has 0 aliphatic heterocycles. The van der Waals surface area contributed by atoms with Crippen molar-refractivity contribution >= 4 is 22.4 Å². The standard InChI is InChI=1S/C19H17F2N5O3S/c1-9-5-11(12-6-14(10-3-4-10)23-8-15(12)29-17(20)21)13(7-22-9)16(27)24-18-25-26-19(28-2)30-18/h5-8,10,17H,3-4H2,1-2H3,(H,24,25,27). The number of anilines is 1. The summed E-state index contributed by atoms with van der Waals surface area (Å²) >= 11 is 1.06. The molecule has 1 N–H and O–H groups in total. The van der Waals surface area contributed by atoms with Gasteiger partial charge in [-0.25, -0.2) is 0 Å². The molecule has 3 aromatic heterocycles. The second-order valence-electron chi connectivity index (χ2n) is 6.66. The predicted octanol–water partition coefficient (Wildman–Crippen LogP) is 4.04. The van der Waals surface area contributed by atoms with Crippen LogP contribution in [-0.2, 0) is 0 Å². The van der Waals surface area contributed by atoms with Crippen LogP contribution >= 0.6 is 11.3 Å². The van der Waals surface area contributed by atoms with Gasteiger partial charge in [0.2, 0.25) is 5.13 Å². The molecule has 0 bridgehead atoms. The van der Waals surface area contributed by atoms with Gasteiger partial charge in [-0.05, 0) is 43.2 Å². The summed E-state index contributed by atoms with van der Waals surface area (Å²) in [7, 11) is 1.44. The predicted molar refractivity (Wildman–Crippen MR) is 105 cm³/mol. The van der Waals surface area contributed by atoms with Crippen molar-refractivity contribution in [2.45, 2.75) is 32.3 Å². The number of carbonyl (C=O) groups excluding carboxylic acids is 1. The maximum Gasteiger partial charge on any atom is 0.387 e. The van der Waals surface area contributed by atoms with Gasteiger partial charge in [0.15, 0.2) is 5.75 Å². The van der Waals surface area contributed by atoms with Gasteiger partial charge in [-0.15, -0.1) is 5.10 Å². The molecule has 0 saturated heterocycles. The number of alkyl halides is 2. The number of aromatic nitrogens is 4. The summed E-state index contributed by atoms with van der Waals surface area (Å²) in [5, 5.41) is 10.8. The molecule has 0 radical (unpaired) electrons. The first-order valence-electron chi connectivity index (χ1n) is 9.05. The van der Waals surface area contributed by atoms with Crippen molar-refractivity contribution in [2.24, 2.45) is 0 Å². The first kappa shape index (κ1) is 20.1. The summed E-state index contributed by atoms with van der Waals surface area (Å²) in [6.07, 6.45) is 4.65. The Balaban J connectivity index is 1.75. The molecule has 4 rings (SSSR count). The number of hydrogen-bond acceptors (Lipinski definition) is 8. The van der Waals surface area contributed by atoms with Crippen molar-refractivity contribution in [1.29, 1.82) is 0 Å². The second-order valence-corrected chi connectivity index (χ2v) is 7.60. The average molecular weight is 433 g/mol. The van der Waals surface area contributed by atoms with Gasteiger partial charge >= 0.3 is 6.61 Å². The lowest BCUT2D eigenvalue weighted by Crippen LogP contribution is -2.14. The molecular weight excluding hydrogens is 416 g/mol. The molecule has 1 aliphatic carbocycles. The van der Waals surface area contributed by atoms with E-state index in [0.717, 1.165) is 29.9 Å². The highest BCUT2D eigenvalue weighted by molar-refractivity contribution is 7.17. The van der Waals surface area contributed by atoms with E-state index < -0.39 is 12.5 Å². The van der Waals surface area contributed by atoms with Crippen molar-refractivity contribution in [3.8, 4) is 22.1 Å². The topological polar surface area (TPSA) is 99.1 Å². The maximum absolute atomic E-state index is 13.0. The Hall–Kier alpha value is -3.21. The minimum absolute atomic E-state index is 0.105. The molecule has 30 heavy (non-hydrogen) atoms. The third-order valence-corrected chi connectivity index (χ3v) is 5.28. The number of ether oxygens (including phenoxy) is 2. The molecule has 1 aliphatic rings. The quantitative estimate of drug-likeness (QED) is 0.600. The number of aryl methyl sites for hydroxylation is 1. The molecule has 0 unspecified atom stereocenters. The Morgan fingerprint density at radius 3 is 2.67 bits per heavy atom. The van der Waals surface area contributed by atoms with E-state index in [1.54, 1.807) is 19.1 Å². The fourth-order valence-electron chi connectivity index (χ4n) is 2.93. The van der Waals surface area contributed by atoms with E-state index in [0.29, 0.717) is 27.9 Å². The van der Waals surface area contributed by atoms with Crippen molar-refractivity contribution in [3.63, 3.8) is 0 Å². The molecule has 8 nitrogen and oxygen atoms in total. The zero-order chi connectivity index (χ0) is 21.3. The van der Waals surface area contributed by atoms with Crippen LogP contribution < -0.4 is 14.8 Å². The van der Waals surface area contributed by atoms with Crippen LogP contribution in [0.4, 0.5) is 13.9 Å². The number of methoxy groups -OCH3 is 1. The number of rotatable bonds is 7. The molecule has 0 aromatic carbocycles. The summed E-state index contributed by atoms with van der Waals surface area (Å²) in [6, 6.07) is 3.36. The van der Waals surface area contributed by atoms with Crippen LogP contribution in [-0.4, -0.2) is 39.8 Å². The summed E-state index contributed by atoms with van der Waals surface area (Å²) in [5.41, 5.74) is 2.35. The van der Waals surface area contributed by atoms with Gasteiger partial charge < -0.3 is 9.47 Å². The van der Waals surface area contributed by atoms with Crippen LogP contribution in [0.25, 0.3) is 11.1 Å². The highest BCUT2D eigenvalue weighted by atomic mass is 32.1. The molecule has 1 amide bonds. The molecule has 0 spiro atoms. The average Bonchev–Trinajstić information content (AvgIpc) is 3.47. The van der Waals surface area contributed by atoms with Gasteiger partial charge in [0.05, 0.1) is 18.9 Å². The molecule has 0 atom stereocenters. The Bertz CT molecular complexity index is 1090. The van der Waals surface area contributed by atoms with E-state index in [1.165, 1.54) is 19.5 Å². The lowest BCUT2D eigenvalue weighted by molar-refractivity contribution is -0.0496. The highest BCUT2D eigenvalue weighted by Crippen LogP contribution is 2.42. The number of pyridine rings is 2. The van der Waals surface area contributed by atoms with Crippen LogP contribution in [0.2, 0.25) is 0 Å². The summed E-state index contributed by atoms with van der Waals surface area (Å²) < 4.78 is 35.6. The van der Waals surface area contributed by atoms with Crippen LogP contribution in [0.5, 0.6) is 10.9 Å². The van der Waals surface area contributed by atoms with Crippen LogP contribution in [0.1, 0.15) is 40.5 Å². The molecule has 3 aromatic rings. The Kier molecular flexibility index (Phi) is 5.53. The number of amides is 1. The fraction of sp³-hybridized carbons (Fsp3) is 0.316. The zero-order valence-corrected chi connectivity index (χ0v) is 16.9. The van der Waals surface area contributed by atoms with Crippen LogP contribution in [0, 0.1) is 6.92 Å². The minimum atomic E-state index is -3.02. The second kappa shape index (κ2) is 8.27. The lowest BCUT2D eigenvalue weighted by Gasteiger charge is -2.15. The number of nitrogens with one attached hydrogen (secondary N) is 1. The van der Waals surface area contributed by atoms with Gasteiger partial charge in [0, 0.05) is 34.6 Å². The van der Waals surface area contributed by atoms with E-state index in [4.69, 9.17) is 4.74 Å². The van der Waals surface area contributed by atoms with Gasteiger partial charge in [-0.2, -0.15) is 8.78 Å². The maximum atomic E-state index is 13.0. The van der Waals surface area contributed by atoms with Crippen molar-refractivity contribution in [2.75, 3.05) is 12.4 Å². The molecular formula is C19H17F2N5O3S. The van der Waals surface area contributed by atoms with Crippen molar-refractivity contribution in [3.05, 3.63) is 41.5 Å². The van der Waals surface area contributed by atoms with Crippen LogP contribution in [0.3, 0.4) is 0 Å². The third kappa shape index (κ3) is 4.35. The molecule has 3 heterocycles. The Morgan fingerprint density at radius 2 is 2.00 bits per heavy atom. The van der Waals surface area contributed by atoms with E-state index in [9.17, 15) is 13.6 Å². The first-order chi connectivity index (χ1) is 14.4. The first-order valence-corrected chi connectivity index (χ1v) is 9.87. The number of hydrogen-bond donors (Lipinski definition) is 1. The number of nitrogens with zero attached hydrogens (tertiary/aromatic N) is 4. The van der Waals surface area contributed by atoms with E-state index in [-0.39, 0.29) is 16.4 Å². The van der Waals surface area contributed by atoms with E-state index >= 15 is 0 Å². The summed E-state index contributed by atoms with van der Waals surface area (Å²) in [5.74, 6) is -0.325. The monoisotopic (exact) mass is 433 g/mol. The van der Waals surface area contributed by atoms with Crippen molar-refractivity contribution in [1.82, 2.24) is 20.2 Å². The lowest BCUT2D eigenvalue weighted by atomic mass is 9.98. The molecule has 1 saturated carbocycles. The highest BCUT2D eigenvalue weighted by Gasteiger charge is 2.28. The normalized spacial score (nSPS) is 13.4. The van der Waals surface area contributed by atoms with Gasteiger partial charge in [0.25, 0.3) is 11.1 Å². The number of carbonyl (C=O) groups is 1. The van der Waals surface area contributed by atoms with Crippen molar-refractivity contribution < 1.29 is 23.0 Å². The van der Waals surface area contributed by atoms with E-state index in [1.807, 2.05) is 0 Å². The smallest absolute Gasteiger partial charge is 0.387 e. The fourth-order valence-corrected chi connectivity index (χ4v) is 3.49. The molecule has 1 fully saturated rings. The summed E-state index contributed by atoms with van der Waals surface area (Å²) in [6.45, 7) is -1.27. The summed E-state index contributed by atoms with van der Waals surface area (Å²) in [4.78, 5) is 21.4. The minimum Gasteiger partial charge on any atom is -0.472 e.